The molecule has 184 valence electrons. The number of unbranched alkanes of at least 4 members (excludes halogenated alkanes) is 1. The minimum atomic E-state index is -0.953. The van der Waals surface area contributed by atoms with E-state index in [2.05, 4.69) is 13.5 Å². The highest BCUT2D eigenvalue weighted by molar-refractivity contribution is 8.02. The van der Waals surface area contributed by atoms with Gasteiger partial charge in [0.05, 0.1) is 16.6 Å². The van der Waals surface area contributed by atoms with Crippen LogP contribution in [-0.4, -0.2) is 68.6 Å². The maximum atomic E-state index is 14.4. The van der Waals surface area contributed by atoms with E-state index in [4.69, 9.17) is 0 Å². The Morgan fingerprint density at radius 2 is 2.06 bits per heavy atom. The second kappa shape index (κ2) is 9.38. The van der Waals surface area contributed by atoms with Gasteiger partial charge in [-0.05, 0) is 56.2 Å². The van der Waals surface area contributed by atoms with E-state index in [0.29, 0.717) is 32.4 Å². The fourth-order valence-corrected chi connectivity index (χ4v) is 8.72. The molecule has 7 nitrogen and oxygen atoms in total. The Kier molecular flexibility index (Phi) is 6.84. The lowest BCUT2D eigenvalue weighted by Gasteiger charge is -2.40. The van der Waals surface area contributed by atoms with Gasteiger partial charge < -0.3 is 20.0 Å². The molecule has 1 spiro atoms. The van der Waals surface area contributed by atoms with Crippen LogP contribution in [0.3, 0.4) is 0 Å². The number of carbonyl (C=O) groups is 3. The number of carboxylic acid groups (broad SMARTS) is 1. The van der Waals surface area contributed by atoms with Crippen molar-refractivity contribution in [1.82, 2.24) is 4.90 Å². The summed E-state index contributed by atoms with van der Waals surface area (Å²) in [6.45, 7) is 10.5. The van der Waals surface area contributed by atoms with Crippen LogP contribution in [0, 0.1) is 31.6 Å². The minimum Gasteiger partial charge on any atom is -0.481 e. The van der Waals surface area contributed by atoms with Crippen LogP contribution < -0.4 is 4.90 Å². The molecule has 0 aliphatic carbocycles. The van der Waals surface area contributed by atoms with Gasteiger partial charge >= 0.3 is 5.97 Å². The highest BCUT2D eigenvalue weighted by atomic mass is 32.2. The lowest BCUT2D eigenvalue weighted by molar-refractivity contribution is -0.149. The summed E-state index contributed by atoms with van der Waals surface area (Å²) in [6, 6.07) is 5.20. The summed E-state index contributed by atoms with van der Waals surface area (Å²) >= 11 is 1.55. The molecular weight excluding hydrogens is 452 g/mol. The van der Waals surface area contributed by atoms with Gasteiger partial charge in [-0.25, -0.2) is 0 Å². The standard InChI is InChI=1S/C26H34N2O5S/c1-5-10-27(18-13-15(2)8-9-16(18)3)24(31)22-26-17(4)14-19(34-26)20(25(32)33)21(26)23(30)28(22)11-6-7-12-29/h5,8-9,13,17,19-22,29H,1,6-7,10-12,14H2,2-4H3,(H,32,33)/t17?,19-,20+,21-,22?,26?/m0/s1. The molecule has 3 heterocycles. The zero-order chi connectivity index (χ0) is 24.8. The molecule has 6 atom stereocenters. The highest BCUT2D eigenvalue weighted by Gasteiger charge is 2.76. The number of fused-ring (bicyclic) bond motifs is 1. The van der Waals surface area contributed by atoms with E-state index in [1.54, 1.807) is 27.6 Å². The van der Waals surface area contributed by atoms with Crippen LogP contribution in [0.25, 0.3) is 0 Å². The molecule has 1 aromatic rings. The minimum absolute atomic E-state index is 0.00523. The van der Waals surface area contributed by atoms with Crippen molar-refractivity contribution in [2.24, 2.45) is 17.8 Å². The lowest BCUT2D eigenvalue weighted by Crippen LogP contribution is -2.57. The Labute approximate surface area is 205 Å². The summed E-state index contributed by atoms with van der Waals surface area (Å²) in [6.07, 6.45) is 3.44. The average Bonchev–Trinajstić information content (AvgIpc) is 3.38. The summed E-state index contributed by atoms with van der Waals surface area (Å²) in [7, 11) is 0. The van der Waals surface area contributed by atoms with Gasteiger partial charge in [0.25, 0.3) is 5.91 Å². The van der Waals surface area contributed by atoms with E-state index >= 15 is 0 Å². The molecule has 3 fully saturated rings. The number of aliphatic hydroxyl groups is 1. The predicted molar refractivity (Wildman–Crippen MR) is 133 cm³/mol. The first-order valence-electron chi connectivity index (χ1n) is 12.0. The third-order valence-corrected chi connectivity index (χ3v) is 9.88. The van der Waals surface area contributed by atoms with Gasteiger partial charge in [-0.2, -0.15) is 0 Å². The Hall–Kier alpha value is -2.32. The number of likely N-dealkylation sites (tertiary alicyclic amines) is 1. The second-order valence-corrected chi connectivity index (χ2v) is 11.4. The first-order chi connectivity index (χ1) is 16.2. The van der Waals surface area contributed by atoms with Gasteiger partial charge in [-0.1, -0.05) is 25.1 Å². The van der Waals surface area contributed by atoms with Gasteiger partial charge in [0, 0.05) is 30.6 Å². The number of carbonyl (C=O) groups excluding carboxylic acids is 2. The third-order valence-electron chi connectivity index (χ3n) is 7.80. The molecule has 3 unspecified atom stereocenters. The summed E-state index contributed by atoms with van der Waals surface area (Å²) in [5, 5.41) is 19.2. The Morgan fingerprint density at radius 1 is 1.32 bits per heavy atom. The first kappa shape index (κ1) is 24.8. The summed E-state index contributed by atoms with van der Waals surface area (Å²) < 4.78 is -0.766. The molecule has 0 aromatic heterocycles. The van der Waals surface area contributed by atoms with Crippen molar-refractivity contribution in [3.8, 4) is 0 Å². The van der Waals surface area contributed by atoms with Gasteiger partial charge in [-0.15, -0.1) is 18.3 Å². The van der Waals surface area contributed by atoms with Crippen LogP contribution >= 0.6 is 11.8 Å². The molecule has 2 N–H and O–H groups in total. The van der Waals surface area contributed by atoms with E-state index < -0.39 is 28.6 Å². The number of hydrogen-bond acceptors (Lipinski definition) is 5. The van der Waals surface area contributed by atoms with Crippen molar-refractivity contribution in [3.05, 3.63) is 42.0 Å². The summed E-state index contributed by atoms with van der Waals surface area (Å²) in [5.74, 6) is -2.82. The number of hydrogen-bond donors (Lipinski definition) is 2. The molecule has 3 aliphatic heterocycles. The van der Waals surface area contributed by atoms with E-state index in [-0.39, 0.29) is 29.6 Å². The zero-order valence-electron chi connectivity index (χ0n) is 20.1. The number of carboxylic acids is 1. The number of aliphatic carboxylic acids is 1. The zero-order valence-corrected chi connectivity index (χ0v) is 20.9. The number of anilines is 1. The van der Waals surface area contributed by atoms with Gasteiger partial charge in [0.2, 0.25) is 5.91 Å². The number of aryl methyl sites for hydroxylation is 2. The summed E-state index contributed by atoms with van der Waals surface area (Å²) in [4.78, 5) is 43.8. The molecule has 2 bridgehead atoms. The molecule has 4 rings (SSSR count). The molecule has 0 saturated carbocycles. The number of rotatable bonds is 9. The van der Waals surface area contributed by atoms with Crippen molar-refractivity contribution in [3.63, 3.8) is 0 Å². The van der Waals surface area contributed by atoms with Gasteiger partial charge in [-0.3, -0.25) is 14.4 Å². The van der Waals surface area contributed by atoms with Gasteiger partial charge in [0.1, 0.15) is 6.04 Å². The first-order valence-corrected chi connectivity index (χ1v) is 12.9. The molecule has 3 saturated heterocycles. The van der Waals surface area contributed by atoms with E-state index in [1.807, 2.05) is 32.0 Å². The molecule has 0 radical (unpaired) electrons. The molecule has 34 heavy (non-hydrogen) atoms. The SMILES string of the molecule is C=CCN(C(=O)C1N(CCCCO)C(=O)[C@@H]2[C@H](C(=O)O)[C@@H]3CC(C)C12S3)c1cc(C)ccc1C. The van der Waals surface area contributed by atoms with E-state index in [9.17, 15) is 24.6 Å². The summed E-state index contributed by atoms with van der Waals surface area (Å²) in [5.41, 5.74) is 2.76. The third kappa shape index (κ3) is 3.66. The van der Waals surface area contributed by atoms with Gasteiger partial charge in [0.15, 0.2) is 0 Å². The maximum Gasteiger partial charge on any atom is 0.308 e. The number of aliphatic hydroxyl groups excluding tert-OH is 1. The second-order valence-electron chi connectivity index (χ2n) is 9.88. The van der Waals surface area contributed by atoms with Crippen molar-refractivity contribution in [2.75, 3.05) is 24.6 Å². The molecule has 2 amide bonds. The normalized spacial score (nSPS) is 31.6. The maximum absolute atomic E-state index is 14.4. The smallest absolute Gasteiger partial charge is 0.308 e. The van der Waals surface area contributed by atoms with Crippen molar-refractivity contribution in [2.45, 2.75) is 56.1 Å². The van der Waals surface area contributed by atoms with E-state index in [1.165, 1.54) is 0 Å². The van der Waals surface area contributed by atoms with Crippen molar-refractivity contribution < 1.29 is 24.6 Å². The number of thioether (sulfide) groups is 1. The lowest BCUT2D eigenvalue weighted by atomic mass is 9.66. The van der Waals surface area contributed by atoms with Crippen LogP contribution in [0.5, 0.6) is 0 Å². The van der Waals surface area contributed by atoms with E-state index in [0.717, 1.165) is 16.8 Å². The van der Waals surface area contributed by atoms with Crippen molar-refractivity contribution >= 4 is 35.2 Å². The predicted octanol–water partition coefficient (Wildman–Crippen LogP) is 3.02. The largest absolute Gasteiger partial charge is 0.481 e. The molecule has 1 aromatic carbocycles. The molecule has 8 heteroatoms. The monoisotopic (exact) mass is 486 g/mol. The highest BCUT2D eigenvalue weighted by Crippen LogP contribution is 2.68. The Bertz CT molecular complexity index is 1010. The number of amides is 2. The number of benzene rings is 1. The van der Waals surface area contributed by atoms with Crippen LogP contribution in [0.2, 0.25) is 0 Å². The van der Waals surface area contributed by atoms with Crippen LogP contribution in [0.4, 0.5) is 5.69 Å². The Balaban J connectivity index is 1.82. The fourth-order valence-electron chi connectivity index (χ4n) is 6.31. The van der Waals surface area contributed by atoms with Crippen LogP contribution in [-0.2, 0) is 14.4 Å². The molecule has 3 aliphatic rings. The quantitative estimate of drug-likeness (QED) is 0.411. The fraction of sp³-hybridized carbons (Fsp3) is 0.577. The van der Waals surface area contributed by atoms with Crippen LogP contribution in [0.1, 0.15) is 37.3 Å². The average molecular weight is 487 g/mol. The van der Waals surface area contributed by atoms with Crippen LogP contribution in [0.15, 0.2) is 30.9 Å². The molecular formula is C26H34N2O5S. The Morgan fingerprint density at radius 3 is 2.71 bits per heavy atom. The van der Waals surface area contributed by atoms with Crippen molar-refractivity contribution in [1.29, 1.82) is 0 Å². The topological polar surface area (TPSA) is 98.2 Å². The number of nitrogens with zero attached hydrogens (tertiary/aromatic N) is 2.